The number of amides is 2. The molecular formula is C18H13Cl2N3O2S. The van der Waals surface area contributed by atoms with Gasteiger partial charge in [0.15, 0.2) is 0 Å². The average molecular weight is 406 g/mol. The molecule has 5 nitrogen and oxygen atoms in total. The number of halogens is 2. The smallest absolute Gasteiger partial charge is 0.263 e. The van der Waals surface area contributed by atoms with Gasteiger partial charge in [0, 0.05) is 15.1 Å². The van der Waals surface area contributed by atoms with Crippen LogP contribution in [-0.4, -0.2) is 24.6 Å². The Balaban J connectivity index is 1.54. The molecule has 0 saturated heterocycles. The van der Waals surface area contributed by atoms with Gasteiger partial charge in [-0.1, -0.05) is 53.5 Å². The number of nitrogens with one attached hydrogen (secondary N) is 2. The molecule has 0 radical (unpaired) electrons. The van der Waals surface area contributed by atoms with Gasteiger partial charge in [-0.2, -0.15) is 5.10 Å². The van der Waals surface area contributed by atoms with Gasteiger partial charge in [0.1, 0.15) is 4.88 Å². The van der Waals surface area contributed by atoms with Gasteiger partial charge >= 0.3 is 0 Å². The number of fused-ring (bicyclic) bond motifs is 1. The molecule has 0 aliphatic heterocycles. The summed E-state index contributed by atoms with van der Waals surface area (Å²) >= 11 is 13.3. The first-order valence-corrected chi connectivity index (χ1v) is 9.14. The molecule has 0 bridgehead atoms. The zero-order valence-electron chi connectivity index (χ0n) is 13.3. The summed E-state index contributed by atoms with van der Waals surface area (Å²) in [5, 5.41) is 8.20. The van der Waals surface area contributed by atoms with Crippen molar-refractivity contribution in [2.45, 2.75) is 0 Å². The molecule has 132 valence electrons. The zero-order valence-corrected chi connectivity index (χ0v) is 15.7. The van der Waals surface area contributed by atoms with E-state index in [-0.39, 0.29) is 6.54 Å². The second-order valence-corrected chi connectivity index (χ2v) is 7.14. The maximum atomic E-state index is 12.3. The molecule has 3 aromatic rings. The first-order chi connectivity index (χ1) is 12.5. The minimum Gasteiger partial charge on any atom is -0.342 e. The number of rotatable bonds is 5. The summed E-state index contributed by atoms with van der Waals surface area (Å²) in [6, 6.07) is 14.5. The van der Waals surface area contributed by atoms with E-state index in [2.05, 4.69) is 15.8 Å². The molecule has 1 heterocycles. The van der Waals surface area contributed by atoms with Crippen molar-refractivity contribution in [1.82, 2.24) is 10.7 Å². The van der Waals surface area contributed by atoms with E-state index in [1.54, 1.807) is 24.3 Å². The first kappa shape index (κ1) is 18.4. The number of benzene rings is 2. The summed E-state index contributed by atoms with van der Waals surface area (Å²) < 4.78 is 0.916. The van der Waals surface area contributed by atoms with E-state index in [1.165, 1.54) is 17.6 Å². The second kappa shape index (κ2) is 8.31. The summed E-state index contributed by atoms with van der Waals surface area (Å²) in [7, 11) is 0. The van der Waals surface area contributed by atoms with Crippen LogP contribution in [0.4, 0.5) is 0 Å². The molecule has 2 amide bonds. The van der Waals surface area contributed by atoms with Crippen LogP contribution in [0.5, 0.6) is 0 Å². The van der Waals surface area contributed by atoms with Gasteiger partial charge in [0.05, 0.1) is 17.8 Å². The molecule has 1 aromatic heterocycles. The molecule has 2 aromatic carbocycles. The minimum absolute atomic E-state index is 0.207. The largest absolute Gasteiger partial charge is 0.342 e. The Morgan fingerprint density at radius 3 is 2.54 bits per heavy atom. The quantitative estimate of drug-likeness (QED) is 0.495. The molecule has 26 heavy (non-hydrogen) atoms. The summed E-state index contributed by atoms with van der Waals surface area (Å²) in [5.74, 6) is -0.839. The lowest BCUT2D eigenvalue weighted by Gasteiger charge is -2.03. The van der Waals surface area contributed by atoms with Crippen molar-refractivity contribution in [3.05, 3.63) is 69.0 Å². The maximum absolute atomic E-state index is 12.3. The normalized spacial score (nSPS) is 11.0. The Kier molecular flexibility index (Phi) is 5.88. The van der Waals surface area contributed by atoms with Crippen LogP contribution in [0.1, 0.15) is 15.2 Å². The van der Waals surface area contributed by atoms with Crippen molar-refractivity contribution in [3.63, 3.8) is 0 Å². The van der Waals surface area contributed by atoms with Crippen LogP contribution in [0.25, 0.3) is 10.1 Å². The van der Waals surface area contributed by atoms with Crippen LogP contribution in [0.2, 0.25) is 10.0 Å². The molecule has 0 aliphatic carbocycles. The molecule has 0 spiro atoms. The van der Waals surface area contributed by atoms with E-state index in [4.69, 9.17) is 23.2 Å². The van der Waals surface area contributed by atoms with Gasteiger partial charge in [-0.25, -0.2) is 5.43 Å². The summed E-state index contributed by atoms with van der Waals surface area (Å²) in [6.45, 7) is -0.207. The molecular weight excluding hydrogens is 393 g/mol. The molecule has 0 atom stereocenters. The Hall–Kier alpha value is -2.41. The lowest BCUT2D eigenvalue weighted by molar-refractivity contribution is -0.120. The third-order valence-corrected chi connectivity index (χ3v) is 5.35. The average Bonchev–Trinajstić information content (AvgIpc) is 2.98. The number of carbonyl (C=O) groups excluding carboxylic acids is 2. The third kappa shape index (κ3) is 4.40. The van der Waals surface area contributed by atoms with Crippen molar-refractivity contribution < 1.29 is 9.59 Å². The van der Waals surface area contributed by atoms with Crippen molar-refractivity contribution in [1.29, 1.82) is 0 Å². The predicted octanol–water partition coefficient (Wildman–Crippen LogP) is 4.09. The van der Waals surface area contributed by atoms with Gasteiger partial charge in [-0.05, 0) is 23.8 Å². The fraction of sp³-hybridized carbons (Fsp3) is 0.0556. The molecule has 3 rings (SSSR count). The highest BCUT2D eigenvalue weighted by Gasteiger charge is 2.17. The third-order valence-electron chi connectivity index (χ3n) is 3.42. The van der Waals surface area contributed by atoms with Crippen molar-refractivity contribution in [3.8, 4) is 0 Å². The number of hydrazone groups is 1. The van der Waals surface area contributed by atoms with Crippen LogP contribution in [0, 0.1) is 0 Å². The van der Waals surface area contributed by atoms with Gasteiger partial charge in [0.25, 0.3) is 11.8 Å². The predicted molar refractivity (Wildman–Crippen MR) is 106 cm³/mol. The number of carbonyl (C=O) groups is 2. The number of thiophene rings is 1. The Bertz CT molecular complexity index is 984. The molecule has 8 heteroatoms. The number of hydrogen-bond donors (Lipinski definition) is 2. The maximum Gasteiger partial charge on any atom is 0.263 e. The lowest BCUT2D eigenvalue weighted by Crippen LogP contribution is -2.34. The first-order valence-electron chi connectivity index (χ1n) is 7.57. The lowest BCUT2D eigenvalue weighted by atomic mass is 10.2. The molecule has 0 unspecified atom stereocenters. The molecule has 0 aliphatic rings. The standard InChI is InChI=1S/C18H13Cl2N3O2S/c19-12-7-5-11(6-8-12)9-22-23-15(24)10-21-18(25)17-16(20)13-3-1-2-4-14(13)26-17/h1-9H,10H2,(H,21,25)(H,23,24)/b22-9+. The van der Waals surface area contributed by atoms with Gasteiger partial charge < -0.3 is 5.32 Å². The topological polar surface area (TPSA) is 70.6 Å². The van der Waals surface area contributed by atoms with Gasteiger partial charge in [0.2, 0.25) is 0 Å². The van der Waals surface area contributed by atoms with E-state index >= 15 is 0 Å². The minimum atomic E-state index is -0.444. The van der Waals surface area contributed by atoms with E-state index in [0.717, 1.165) is 15.6 Å². The van der Waals surface area contributed by atoms with Gasteiger partial charge in [-0.3, -0.25) is 9.59 Å². The van der Waals surface area contributed by atoms with Crippen LogP contribution in [-0.2, 0) is 4.79 Å². The highest BCUT2D eigenvalue weighted by Crippen LogP contribution is 2.34. The highest BCUT2D eigenvalue weighted by molar-refractivity contribution is 7.21. The van der Waals surface area contributed by atoms with Crippen LogP contribution < -0.4 is 10.7 Å². The van der Waals surface area contributed by atoms with E-state index in [0.29, 0.717) is 14.9 Å². The molecule has 0 saturated carbocycles. The van der Waals surface area contributed by atoms with Crippen molar-refractivity contribution >= 4 is 62.7 Å². The van der Waals surface area contributed by atoms with E-state index < -0.39 is 11.8 Å². The van der Waals surface area contributed by atoms with E-state index in [1.807, 2.05) is 24.3 Å². The SMILES string of the molecule is O=C(CNC(=O)c1sc2ccccc2c1Cl)N/N=C/c1ccc(Cl)cc1. The fourth-order valence-electron chi connectivity index (χ4n) is 2.17. The number of nitrogens with zero attached hydrogens (tertiary/aromatic N) is 1. The van der Waals surface area contributed by atoms with Crippen molar-refractivity contribution in [2.24, 2.45) is 5.10 Å². The Morgan fingerprint density at radius 1 is 1.08 bits per heavy atom. The Morgan fingerprint density at radius 2 is 1.81 bits per heavy atom. The zero-order chi connectivity index (χ0) is 18.5. The monoisotopic (exact) mass is 405 g/mol. The van der Waals surface area contributed by atoms with Crippen LogP contribution >= 0.6 is 34.5 Å². The molecule has 0 fully saturated rings. The van der Waals surface area contributed by atoms with E-state index in [9.17, 15) is 9.59 Å². The summed E-state index contributed by atoms with van der Waals surface area (Å²) in [5.41, 5.74) is 3.13. The van der Waals surface area contributed by atoms with Crippen LogP contribution in [0.15, 0.2) is 53.6 Å². The summed E-state index contributed by atoms with van der Waals surface area (Å²) in [4.78, 5) is 24.4. The summed E-state index contributed by atoms with van der Waals surface area (Å²) in [6.07, 6.45) is 1.49. The molecule has 2 N–H and O–H groups in total. The Labute approximate surface area is 163 Å². The highest BCUT2D eigenvalue weighted by atomic mass is 35.5. The number of hydrogen-bond acceptors (Lipinski definition) is 4. The fourth-order valence-corrected chi connectivity index (χ4v) is 3.73. The van der Waals surface area contributed by atoms with Gasteiger partial charge in [-0.15, -0.1) is 11.3 Å². The van der Waals surface area contributed by atoms with Crippen molar-refractivity contribution in [2.75, 3.05) is 6.54 Å². The van der Waals surface area contributed by atoms with Crippen LogP contribution in [0.3, 0.4) is 0 Å². The second-order valence-electron chi connectivity index (χ2n) is 5.27.